The third-order valence-electron chi connectivity index (χ3n) is 7.16. The van der Waals surface area contributed by atoms with Crippen LogP contribution < -0.4 is 10.6 Å². The van der Waals surface area contributed by atoms with Gasteiger partial charge in [-0.2, -0.15) is 0 Å². The molecule has 4 rings (SSSR count). The van der Waals surface area contributed by atoms with Crippen molar-refractivity contribution in [1.82, 2.24) is 5.06 Å². The lowest BCUT2D eigenvalue weighted by atomic mass is 9.97. The van der Waals surface area contributed by atoms with E-state index >= 15 is 0 Å². The lowest BCUT2D eigenvalue weighted by Crippen LogP contribution is -2.32. The monoisotopic (exact) mass is 611 g/mol. The number of aliphatic hydroxyl groups is 1. The van der Waals surface area contributed by atoms with E-state index in [0.717, 1.165) is 35.1 Å². The summed E-state index contributed by atoms with van der Waals surface area (Å²) in [5.74, 6) is -2.48. The minimum atomic E-state index is -1.21. The van der Waals surface area contributed by atoms with Gasteiger partial charge in [-0.15, -0.1) is 0 Å². The van der Waals surface area contributed by atoms with E-state index in [9.17, 15) is 24.0 Å². The summed E-state index contributed by atoms with van der Waals surface area (Å²) in [5, 5.41) is 15.1. The maximum atomic E-state index is 12.5. The van der Waals surface area contributed by atoms with Crippen LogP contribution in [0.5, 0.6) is 0 Å². The summed E-state index contributed by atoms with van der Waals surface area (Å²) < 4.78 is 16.2. The van der Waals surface area contributed by atoms with Gasteiger partial charge in [0.1, 0.15) is 19.8 Å². The fourth-order valence-corrected chi connectivity index (χ4v) is 4.89. The highest BCUT2D eigenvalue weighted by atomic mass is 16.8. The molecule has 2 unspecified atom stereocenters. The zero-order chi connectivity index (χ0) is 31.6. The van der Waals surface area contributed by atoms with Crippen molar-refractivity contribution in [2.45, 2.75) is 58.0 Å². The summed E-state index contributed by atoms with van der Waals surface area (Å²) >= 11 is 0. The number of hydroxylamine groups is 2. The quantitative estimate of drug-likeness (QED) is 0.154. The van der Waals surface area contributed by atoms with Gasteiger partial charge in [0, 0.05) is 43.3 Å². The molecule has 2 aromatic carbocycles. The predicted octanol–water partition coefficient (Wildman–Crippen LogP) is 3.50. The standard InChI is InChI=1S/C31H37N3O10/c1-3-4-13-41-17-27(36)32-20-5-7-22-23-8-6-21(33-28(37)18-42-19(2)11-12-35)15-25(23)26(24(22)14-20)16-43-31(40)44-34-29(38)9-10-30(34)39/h5-8,14-15,19,26,35H,3-4,9-13,16-18H2,1-2H3,(H,32,36)(H,33,37). The number of carbonyl (C=O) groups excluding carboxylic acids is 5. The average molecular weight is 612 g/mol. The van der Waals surface area contributed by atoms with Crippen LogP contribution in [-0.2, 0) is 38.2 Å². The Labute approximate surface area is 254 Å². The summed E-state index contributed by atoms with van der Waals surface area (Å²) in [5.41, 5.74) is 4.15. The molecule has 13 heteroatoms. The Morgan fingerprint density at radius 1 is 0.955 bits per heavy atom. The molecule has 236 valence electrons. The number of rotatable bonds is 15. The van der Waals surface area contributed by atoms with Crippen LogP contribution in [0.2, 0.25) is 0 Å². The summed E-state index contributed by atoms with van der Waals surface area (Å²) in [4.78, 5) is 66.0. The maximum Gasteiger partial charge on any atom is 0.533 e. The third-order valence-corrected chi connectivity index (χ3v) is 7.16. The first-order chi connectivity index (χ1) is 21.2. The van der Waals surface area contributed by atoms with E-state index in [2.05, 4.69) is 10.6 Å². The highest BCUT2D eigenvalue weighted by Crippen LogP contribution is 2.47. The molecule has 0 spiro atoms. The zero-order valence-corrected chi connectivity index (χ0v) is 24.8. The number of aliphatic hydroxyl groups excluding tert-OH is 1. The number of imide groups is 1. The van der Waals surface area contributed by atoms with Crippen LogP contribution in [0, 0.1) is 0 Å². The molecular weight excluding hydrogens is 574 g/mol. The van der Waals surface area contributed by atoms with Crippen LogP contribution in [0.15, 0.2) is 36.4 Å². The van der Waals surface area contributed by atoms with Gasteiger partial charge in [-0.1, -0.05) is 30.5 Å². The Morgan fingerprint density at radius 3 is 2.11 bits per heavy atom. The van der Waals surface area contributed by atoms with Crippen LogP contribution in [0.1, 0.15) is 63.0 Å². The second-order valence-corrected chi connectivity index (χ2v) is 10.5. The van der Waals surface area contributed by atoms with E-state index in [1.807, 2.05) is 19.1 Å². The lowest BCUT2D eigenvalue weighted by molar-refractivity contribution is -0.177. The van der Waals surface area contributed by atoms with Crippen molar-refractivity contribution >= 4 is 41.2 Å². The van der Waals surface area contributed by atoms with Crippen molar-refractivity contribution < 1.29 is 48.1 Å². The van der Waals surface area contributed by atoms with Crippen molar-refractivity contribution in [3.8, 4) is 11.1 Å². The molecule has 2 atom stereocenters. The molecule has 1 aliphatic heterocycles. The van der Waals surface area contributed by atoms with E-state index < -0.39 is 23.9 Å². The first-order valence-electron chi connectivity index (χ1n) is 14.6. The van der Waals surface area contributed by atoms with E-state index in [1.165, 1.54) is 0 Å². The highest BCUT2D eigenvalue weighted by molar-refractivity contribution is 6.01. The molecule has 4 amide bonds. The van der Waals surface area contributed by atoms with Crippen LogP contribution in [-0.4, -0.2) is 79.1 Å². The summed E-state index contributed by atoms with van der Waals surface area (Å²) in [6.45, 7) is 3.73. The normalized spacial score (nSPS) is 15.9. The summed E-state index contributed by atoms with van der Waals surface area (Å²) in [6.07, 6.45) is 0.621. The smallest absolute Gasteiger partial charge is 0.432 e. The number of hydrogen-bond donors (Lipinski definition) is 3. The van der Waals surface area contributed by atoms with Crippen LogP contribution in [0.4, 0.5) is 16.2 Å². The molecule has 0 radical (unpaired) electrons. The Hall–Kier alpha value is -4.33. The van der Waals surface area contributed by atoms with E-state index in [-0.39, 0.29) is 57.2 Å². The number of anilines is 2. The van der Waals surface area contributed by atoms with Gasteiger partial charge in [-0.05, 0) is 66.3 Å². The van der Waals surface area contributed by atoms with E-state index in [4.69, 9.17) is 24.2 Å². The molecule has 13 nitrogen and oxygen atoms in total. The Morgan fingerprint density at radius 2 is 1.55 bits per heavy atom. The zero-order valence-electron chi connectivity index (χ0n) is 24.8. The fraction of sp³-hybridized carbons (Fsp3) is 0.452. The SMILES string of the molecule is CCCCOCC(=O)Nc1ccc2c(c1)C(COC(=O)ON1C(=O)CCC1=O)c1cc(NC(=O)COC(C)CCO)ccc1-2. The summed E-state index contributed by atoms with van der Waals surface area (Å²) in [6, 6.07) is 10.7. The largest absolute Gasteiger partial charge is 0.533 e. The highest BCUT2D eigenvalue weighted by Gasteiger charge is 2.35. The number of amides is 4. The van der Waals surface area contributed by atoms with Crippen LogP contribution in [0.25, 0.3) is 11.1 Å². The third kappa shape index (κ3) is 8.40. The maximum absolute atomic E-state index is 12.5. The van der Waals surface area contributed by atoms with Crippen LogP contribution >= 0.6 is 0 Å². The van der Waals surface area contributed by atoms with Gasteiger partial charge in [-0.3, -0.25) is 24.0 Å². The molecule has 2 aromatic rings. The van der Waals surface area contributed by atoms with E-state index in [0.29, 0.717) is 29.5 Å². The van der Waals surface area contributed by atoms with Crippen molar-refractivity contribution in [3.63, 3.8) is 0 Å². The molecule has 1 fully saturated rings. The van der Waals surface area contributed by atoms with Crippen LogP contribution in [0.3, 0.4) is 0 Å². The molecule has 0 bridgehead atoms. The Bertz CT molecular complexity index is 1380. The number of fused-ring (bicyclic) bond motifs is 3. The second-order valence-electron chi connectivity index (χ2n) is 10.5. The predicted molar refractivity (Wildman–Crippen MR) is 157 cm³/mol. The van der Waals surface area contributed by atoms with Gasteiger partial charge in [0.15, 0.2) is 0 Å². The number of carbonyl (C=O) groups is 5. The first kappa shape index (κ1) is 32.6. The number of nitrogens with one attached hydrogen (secondary N) is 2. The number of benzene rings is 2. The van der Waals surface area contributed by atoms with E-state index in [1.54, 1.807) is 31.2 Å². The van der Waals surface area contributed by atoms with Gasteiger partial charge >= 0.3 is 6.16 Å². The molecule has 0 saturated carbocycles. The van der Waals surface area contributed by atoms with Crippen molar-refractivity contribution in [1.29, 1.82) is 0 Å². The number of unbranched alkanes of at least 4 members (excludes halogenated alkanes) is 1. The van der Waals surface area contributed by atoms with Gasteiger partial charge in [-0.25, -0.2) is 4.79 Å². The molecule has 2 aliphatic rings. The number of nitrogens with zero attached hydrogens (tertiary/aromatic N) is 1. The van der Waals surface area contributed by atoms with Crippen molar-refractivity contribution in [2.24, 2.45) is 0 Å². The van der Waals surface area contributed by atoms with Gasteiger partial charge in [0.05, 0.1) is 6.10 Å². The number of hydrogen-bond acceptors (Lipinski definition) is 10. The Kier molecular flexibility index (Phi) is 11.4. The average Bonchev–Trinajstić information content (AvgIpc) is 3.47. The lowest BCUT2D eigenvalue weighted by Gasteiger charge is -2.17. The molecular formula is C31H37N3O10. The molecule has 1 saturated heterocycles. The number of ether oxygens (including phenoxy) is 3. The first-order valence-corrected chi connectivity index (χ1v) is 14.6. The van der Waals surface area contributed by atoms with Gasteiger partial charge in [0.25, 0.3) is 11.8 Å². The second kappa shape index (κ2) is 15.4. The van der Waals surface area contributed by atoms with Crippen molar-refractivity contribution in [2.75, 3.05) is 43.7 Å². The molecule has 44 heavy (non-hydrogen) atoms. The summed E-state index contributed by atoms with van der Waals surface area (Å²) in [7, 11) is 0. The topological polar surface area (TPSA) is 170 Å². The molecule has 1 aliphatic carbocycles. The minimum absolute atomic E-state index is 0.0477. The molecule has 0 aromatic heterocycles. The van der Waals surface area contributed by atoms with Gasteiger partial charge < -0.3 is 30.0 Å². The van der Waals surface area contributed by atoms with Gasteiger partial charge in [0.2, 0.25) is 11.8 Å². The molecule has 3 N–H and O–H groups in total. The Balaban J connectivity index is 1.51. The minimum Gasteiger partial charge on any atom is -0.432 e. The molecule has 1 heterocycles. The van der Waals surface area contributed by atoms with Crippen molar-refractivity contribution in [3.05, 3.63) is 47.5 Å². The fourth-order valence-electron chi connectivity index (χ4n) is 4.89.